The molecule has 0 unspecified atom stereocenters. The summed E-state index contributed by atoms with van der Waals surface area (Å²) >= 11 is 7.65. The van der Waals surface area contributed by atoms with Crippen LogP contribution >= 0.6 is 22.9 Å². The molecule has 192 valence electrons. The number of fused-ring (bicyclic) bond motifs is 1. The zero-order chi connectivity index (χ0) is 26.8. The van der Waals surface area contributed by atoms with Gasteiger partial charge in [-0.05, 0) is 67.1 Å². The van der Waals surface area contributed by atoms with Crippen LogP contribution in [-0.4, -0.2) is 31.6 Å². The molecule has 2 atom stereocenters. The molecule has 1 fully saturated rings. The fraction of sp³-hybridized carbons (Fsp3) is 0.148. The molecular weight excluding hydrogens is 527 g/mol. The minimum Gasteiger partial charge on any atom is -0.363 e. The molecule has 2 aromatic carbocycles. The molecule has 4 heterocycles. The van der Waals surface area contributed by atoms with E-state index in [2.05, 4.69) is 15.1 Å². The predicted octanol–water partition coefficient (Wildman–Crippen LogP) is 5.57. The number of aromatic nitrogens is 4. The van der Waals surface area contributed by atoms with Crippen LogP contribution in [0.3, 0.4) is 0 Å². The van der Waals surface area contributed by atoms with Gasteiger partial charge in [-0.1, -0.05) is 18.5 Å². The first-order chi connectivity index (χ1) is 18.3. The van der Waals surface area contributed by atoms with Crippen molar-refractivity contribution in [2.75, 3.05) is 4.90 Å². The molecule has 0 aliphatic carbocycles. The molecule has 0 bridgehead atoms. The van der Waals surface area contributed by atoms with Crippen LogP contribution in [0.4, 0.5) is 10.1 Å². The summed E-state index contributed by atoms with van der Waals surface area (Å²) in [6, 6.07) is 17.6. The molecule has 0 saturated carbocycles. The third-order valence-electron chi connectivity index (χ3n) is 6.16. The van der Waals surface area contributed by atoms with Gasteiger partial charge >= 0.3 is 0 Å². The molecule has 0 radical (unpaired) electrons. The largest absolute Gasteiger partial charge is 0.363 e. The van der Waals surface area contributed by atoms with Crippen LogP contribution in [0, 0.1) is 11.7 Å². The number of carbonyl (C=O) groups is 2. The molecule has 1 aliphatic heterocycles. The van der Waals surface area contributed by atoms with E-state index < -0.39 is 5.91 Å². The predicted molar refractivity (Wildman–Crippen MR) is 145 cm³/mol. The summed E-state index contributed by atoms with van der Waals surface area (Å²) in [6.45, 7) is 1.97. The first-order valence-electron chi connectivity index (χ1n) is 11.7. The number of carbonyl (C=O) groups excluding carboxylic acids is 2. The Labute approximate surface area is 226 Å². The molecule has 6 rings (SSSR count). The van der Waals surface area contributed by atoms with Gasteiger partial charge in [0.25, 0.3) is 5.91 Å². The zero-order valence-electron chi connectivity index (χ0n) is 20.2. The number of hydrogen-bond donors (Lipinski definition) is 1. The lowest BCUT2D eigenvalue weighted by atomic mass is 10.1. The summed E-state index contributed by atoms with van der Waals surface area (Å²) in [7, 11) is 0. The number of hydrogen-bond acceptors (Lipinski definition) is 6. The molecule has 5 aromatic rings. The maximum Gasteiger partial charge on any atom is 0.286 e. The van der Waals surface area contributed by atoms with E-state index in [4.69, 9.17) is 17.3 Å². The fourth-order valence-electron chi connectivity index (χ4n) is 4.37. The van der Waals surface area contributed by atoms with E-state index >= 15 is 0 Å². The van der Waals surface area contributed by atoms with Crippen molar-refractivity contribution in [3.05, 3.63) is 100 Å². The van der Waals surface area contributed by atoms with Crippen molar-refractivity contribution in [1.82, 2.24) is 19.7 Å². The van der Waals surface area contributed by atoms with E-state index in [0.29, 0.717) is 0 Å². The van der Waals surface area contributed by atoms with Gasteiger partial charge in [0, 0.05) is 34.3 Å². The normalized spacial score (nSPS) is 16.9. The van der Waals surface area contributed by atoms with Crippen molar-refractivity contribution < 1.29 is 14.0 Å². The summed E-state index contributed by atoms with van der Waals surface area (Å²) in [5.41, 5.74) is 7.38. The molecule has 11 heteroatoms. The Morgan fingerprint density at radius 3 is 2.42 bits per heavy atom. The number of benzene rings is 2. The van der Waals surface area contributed by atoms with Crippen molar-refractivity contribution in [1.29, 1.82) is 0 Å². The van der Waals surface area contributed by atoms with E-state index in [1.807, 2.05) is 42.2 Å². The summed E-state index contributed by atoms with van der Waals surface area (Å²) in [5.74, 6) is -0.759. The van der Waals surface area contributed by atoms with Gasteiger partial charge in [0.15, 0.2) is 0 Å². The second kappa shape index (κ2) is 10.7. The highest BCUT2D eigenvalue weighted by atomic mass is 35.5. The van der Waals surface area contributed by atoms with Crippen LogP contribution in [0.5, 0.6) is 0 Å². The van der Waals surface area contributed by atoms with E-state index in [1.54, 1.807) is 29.1 Å². The lowest BCUT2D eigenvalue weighted by Gasteiger charge is -2.24. The Morgan fingerprint density at radius 1 is 1.08 bits per heavy atom. The highest BCUT2D eigenvalue weighted by Crippen LogP contribution is 2.43. The first-order valence-corrected chi connectivity index (χ1v) is 12.9. The number of primary amides is 1. The van der Waals surface area contributed by atoms with Gasteiger partial charge in [0.05, 0.1) is 27.8 Å². The second-order valence-corrected chi connectivity index (χ2v) is 10.5. The summed E-state index contributed by atoms with van der Waals surface area (Å²) in [5, 5.41) is 5.37. The SMILES string of the molecule is C[C@H]1C[C@@H](c2ccc(Cl)s2)N(c2ccc3c(cnn3-c3ccc(F)cc3)c2)C1=O.NC(=O)c1ncccn1. The molecule has 8 nitrogen and oxygen atoms in total. The molecule has 2 N–H and O–H groups in total. The average Bonchev–Trinajstić information content (AvgIpc) is 3.62. The molecule has 38 heavy (non-hydrogen) atoms. The monoisotopic (exact) mass is 548 g/mol. The molecule has 1 aliphatic rings. The molecule has 2 amide bonds. The van der Waals surface area contributed by atoms with Gasteiger partial charge < -0.3 is 10.6 Å². The molecule has 1 saturated heterocycles. The number of nitrogens with two attached hydrogens (primary N) is 1. The van der Waals surface area contributed by atoms with Gasteiger partial charge in [-0.25, -0.2) is 19.0 Å². The standard InChI is InChI=1S/C22H17ClFN3OS.C5H5N3O/c1-13-10-19(20-8-9-21(23)29-20)26(22(13)28)17-6-7-18-14(11-17)12-25-27(18)16-4-2-15(24)3-5-16;6-4(9)5-7-2-1-3-8-5/h2-9,11-13,19H,10H2,1H3;1-3H,(H2,6,9)/t13-,19-;/m0./s1. The number of rotatable bonds is 4. The van der Waals surface area contributed by atoms with Crippen molar-refractivity contribution in [3.8, 4) is 5.69 Å². The van der Waals surface area contributed by atoms with E-state index in [9.17, 15) is 14.0 Å². The van der Waals surface area contributed by atoms with Crippen molar-refractivity contribution in [2.24, 2.45) is 11.7 Å². The van der Waals surface area contributed by atoms with E-state index in [1.165, 1.54) is 35.9 Å². The van der Waals surface area contributed by atoms with Gasteiger partial charge in [-0.15, -0.1) is 11.3 Å². The lowest BCUT2D eigenvalue weighted by Crippen LogP contribution is -2.28. The molecule has 0 spiro atoms. The maximum absolute atomic E-state index is 13.2. The van der Waals surface area contributed by atoms with E-state index in [0.717, 1.165) is 37.9 Å². The molecular formula is C27H22ClFN6O2S. The number of halogens is 2. The second-order valence-electron chi connectivity index (χ2n) is 8.72. The maximum atomic E-state index is 13.2. The van der Waals surface area contributed by atoms with Crippen LogP contribution in [-0.2, 0) is 4.79 Å². The highest BCUT2D eigenvalue weighted by molar-refractivity contribution is 7.16. The number of anilines is 1. The quantitative estimate of drug-likeness (QED) is 0.316. The van der Waals surface area contributed by atoms with Gasteiger partial charge in [-0.2, -0.15) is 5.10 Å². The highest BCUT2D eigenvalue weighted by Gasteiger charge is 2.39. The Balaban J connectivity index is 0.000000278. The van der Waals surface area contributed by atoms with Crippen LogP contribution in [0.2, 0.25) is 4.34 Å². The molecule has 3 aromatic heterocycles. The fourth-order valence-corrected chi connectivity index (χ4v) is 5.54. The minimum atomic E-state index is -0.601. The van der Waals surface area contributed by atoms with Gasteiger partial charge in [0.2, 0.25) is 11.7 Å². The third kappa shape index (κ3) is 5.13. The zero-order valence-corrected chi connectivity index (χ0v) is 21.7. The summed E-state index contributed by atoms with van der Waals surface area (Å²) in [6.07, 6.45) is 5.46. The number of thiophene rings is 1. The Bertz CT molecular complexity index is 1610. The van der Waals surface area contributed by atoms with Crippen LogP contribution < -0.4 is 10.6 Å². The topological polar surface area (TPSA) is 107 Å². The average molecular weight is 549 g/mol. The van der Waals surface area contributed by atoms with Gasteiger partial charge in [0.1, 0.15) is 5.82 Å². The minimum absolute atomic E-state index is 0.0143. The van der Waals surface area contributed by atoms with Crippen molar-refractivity contribution in [2.45, 2.75) is 19.4 Å². The van der Waals surface area contributed by atoms with Crippen molar-refractivity contribution >= 4 is 51.3 Å². The third-order valence-corrected chi connectivity index (χ3v) is 7.49. The van der Waals surface area contributed by atoms with Crippen LogP contribution in [0.1, 0.15) is 34.9 Å². The Kier molecular flexibility index (Phi) is 7.17. The van der Waals surface area contributed by atoms with Crippen molar-refractivity contribution in [3.63, 3.8) is 0 Å². The smallest absolute Gasteiger partial charge is 0.286 e. The Hall–Kier alpha value is -4.15. The van der Waals surface area contributed by atoms with Crippen LogP contribution in [0.15, 0.2) is 79.3 Å². The Morgan fingerprint density at radius 2 is 1.79 bits per heavy atom. The number of nitrogens with zero attached hydrogens (tertiary/aromatic N) is 5. The van der Waals surface area contributed by atoms with E-state index in [-0.39, 0.29) is 29.5 Å². The first kappa shape index (κ1) is 25.5. The van der Waals surface area contributed by atoms with Gasteiger partial charge in [-0.3, -0.25) is 9.59 Å². The summed E-state index contributed by atoms with van der Waals surface area (Å²) in [4.78, 5) is 33.4. The number of amides is 2. The summed E-state index contributed by atoms with van der Waals surface area (Å²) < 4.78 is 15.7. The lowest BCUT2D eigenvalue weighted by molar-refractivity contribution is -0.120. The van der Waals surface area contributed by atoms with Crippen LogP contribution in [0.25, 0.3) is 16.6 Å².